The van der Waals surface area contributed by atoms with E-state index in [0.29, 0.717) is 19.7 Å². The highest BCUT2D eigenvalue weighted by molar-refractivity contribution is 7.12. The summed E-state index contributed by atoms with van der Waals surface area (Å²) in [6, 6.07) is 15.2. The minimum Gasteiger partial charge on any atom is -0.489 e. The Morgan fingerprint density at radius 3 is 2.78 bits per heavy atom. The van der Waals surface area contributed by atoms with Gasteiger partial charge in [0.2, 0.25) is 5.91 Å². The van der Waals surface area contributed by atoms with Crippen LogP contribution in [0.5, 0.6) is 5.75 Å². The fourth-order valence-corrected chi connectivity index (χ4v) is 4.54. The molecule has 0 spiro atoms. The third-order valence-electron chi connectivity index (χ3n) is 5.68. The van der Waals surface area contributed by atoms with Crippen LogP contribution >= 0.6 is 11.3 Å². The number of ether oxygens (including phenoxy) is 1. The van der Waals surface area contributed by atoms with Crippen molar-refractivity contribution in [3.8, 4) is 5.75 Å². The van der Waals surface area contributed by atoms with Gasteiger partial charge in [0.25, 0.3) is 5.91 Å². The molecule has 0 saturated carbocycles. The number of nitrogens with one attached hydrogen (secondary N) is 1. The van der Waals surface area contributed by atoms with Gasteiger partial charge in [-0.15, -0.1) is 11.3 Å². The van der Waals surface area contributed by atoms with Crippen LogP contribution in [0.2, 0.25) is 0 Å². The molecule has 1 aromatic carbocycles. The first-order chi connectivity index (χ1) is 15.6. The number of pyridine rings is 1. The molecular weight excluding hydrogens is 422 g/mol. The number of amides is 2. The second-order valence-corrected chi connectivity index (χ2v) is 8.96. The molecule has 32 heavy (non-hydrogen) atoms. The van der Waals surface area contributed by atoms with Crippen molar-refractivity contribution >= 4 is 23.2 Å². The lowest BCUT2D eigenvalue weighted by Gasteiger charge is -2.32. The van der Waals surface area contributed by atoms with Gasteiger partial charge >= 0.3 is 0 Å². The molecule has 0 radical (unpaired) electrons. The normalized spacial score (nSPS) is 16.9. The van der Waals surface area contributed by atoms with Crippen LogP contribution in [0.3, 0.4) is 0 Å². The molecule has 166 valence electrons. The summed E-state index contributed by atoms with van der Waals surface area (Å²) in [5.74, 6) is 0.605. The largest absolute Gasteiger partial charge is 0.489 e. The summed E-state index contributed by atoms with van der Waals surface area (Å²) >= 11 is 1.44. The molecule has 2 amide bonds. The number of carbonyl (C=O) groups is 2. The Kier molecular flexibility index (Phi) is 7.17. The summed E-state index contributed by atoms with van der Waals surface area (Å²) < 4.78 is 5.80. The Balaban J connectivity index is 1.29. The van der Waals surface area contributed by atoms with Gasteiger partial charge < -0.3 is 15.0 Å². The third kappa shape index (κ3) is 5.53. The van der Waals surface area contributed by atoms with Crippen molar-refractivity contribution in [2.24, 2.45) is 5.92 Å². The van der Waals surface area contributed by atoms with Gasteiger partial charge in [-0.2, -0.15) is 0 Å². The highest BCUT2D eigenvalue weighted by Crippen LogP contribution is 2.23. The molecular formula is C25H27N3O3S. The molecule has 3 heterocycles. The van der Waals surface area contributed by atoms with Gasteiger partial charge in [-0.1, -0.05) is 24.3 Å². The summed E-state index contributed by atoms with van der Waals surface area (Å²) in [6.45, 7) is 3.61. The van der Waals surface area contributed by atoms with E-state index in [0.717, 1.165) is 34.6 Å². The number of rotatable bonds is 7. The molecule has 1 aliphatic rings. The SMILES string of the molecule is CC(NC(=O)C1CCCN(C(=O)c2cccs2)C1)c1ccc(OCc2cccnc2)cc1. The van der Waals surface area contributed by atoms with Gasteiger partial charge in [0, 0.05) is 31.0 Å². The number of hydrogen-bond donors (Lipinski definition) is 1. The van der Waals surface area contributed by atoms with Crippen molar-refractivity contribution < 1.29 is 14.3 Å². The van der Waals surface area contributed by atoms with E-state index in [1.807, 2.05) is 60.8 Å². The van der Waals surface area contributed by atoms with Crippen LogP contribution in [0.4, 0.5) is 0 Å². The van der Waals surface area contributed by atoms with Crippen LogP contribution in [0, 0.1) is 5.92 Å². The van der Waals surface area contributed by atoms with Crippen LogP contribution in [0.15, 0.2) is 66.3 Å². The first kappa shape index (κ1) is 22.0. The number of likely N-dealkylation sites (tertiary alicyclic amines) is 1. The van der Waals surface area contributed by atoms with Crippen LogP contribution in [0.1, 0.15) is 46.6 Å². The number of nitrogens with zero attached hydrogens (tertiary/aromatic N) is 2. The van der Waals surface area contributed by atoms with Gasteiger partial charge in [0.1, 0.15) is 12.4 Å². The molecule has 1 N–H and O–H groups in total. The van der Waals surface area contributed by atoms with E-state index in [-0.39, 0.29) is 23.8 Å². The lowest BCUT2D eigenvalue weighted by molar-refractivity contribution is -0.127. The maximum atomic E-state index is 12.9. The molecule has 1 saturated heterocycles. The maximum absolute atomic E-state index is 12.9. The quantitative estimate of drug-likeness (QED) is 0.578. The van der Waals surface area contributed by atoms with Crippen LogP contribution in [0.25, 0.3) is 0 Å². The summed E-state index contributed by atoms with van der Waals surface area (Å²) in [5.41, 5.74) is 2.02. The topological polar surface area (TPSA) is 71.5 Å². The highest BCUT2D eigenvalue weighted by Gasteiger charge is 2.29. The van der Waals surface area contributed by atoms with Gasteiger partial charge in [-0.25, -0.2) is 0 Å². The summed E-state index contributed by atoms with van der Waals surface area (Å²) in [5, 5.41) is 5.02. The van der Waals surface area contributed by atoms with Gasteiger partial charge in [0.15, 0.2) is 0 Å². The van der Waals surface area contributed by atoms with Crippen LogP contribution in [-0.2, 0) is 11.4 Å². The Morgan fingerprint density at radius 2 is 2.06 bits per heavy atom. The predicted octanol–water partition coefficient (Wildman–Crippen LogP) is 4.45. The van der Waals surface area contributed by atoms with E-state index in [1.54, 1.807) is 17.3 Å². The van der Waals surface area contributed by atoms with Crippen LogP contribution < -0.4 is 10.1 Å². The zero-order valence-electron chi connectivity index (χ0n) is 18.1. The molecule has 2 unspecified atom stereocenters. The first-order valence-corrected chi connectivity index (χ1v) is 11.7. The number of carbonyl (C=O) groups excluding carboxylic acids is 2. The first-order valence-electron chi connectivity index (χ1n) is 10.8. The average molecular weight is 450 g/mol. The van der Waals surface area contributed by atoms with Crippen molar-refractivity contribution in [2.75, 3.05) is 13.1 Å². The van der Waals surface area contributed by atoms with Crippen molar-refractivity contribution in [3.05, 3.63) is 82.3 Å². The van der Waals surface area contributed by atoms with Gasteiger partial charge in [-0.3, -0.25) is 14.6 Å². The van der Waals surface area contributed by atoms with Gasteiger partial charge in [0.05, 0.1) is 16.8 Å². The summed E-state index contributed by atoms with van der Waals surface area (Å²) in [7, 11) is 0. The molecule has 2 aromatic heterocycles. The van der Waals surface area contributed by atoms with Crippen molar-refractivity contribution in [1.82, 2.24) is 15.2 Å². The molecule has 4 rings (SSSR count). The predicted molar refractivity (Wildman–Crippen MR) is 125 cm³/mol. The molecule has 7 heteroatoms. The molecule has 3 aromatic rings. The van der Waals surface area contributed by atoms with E-state index < -0.39 is 0 Å². The Hall–Kier alpha value is -3.19. The van der Waals surface area contributed by atoms with E-state index >= 15 is 0 Å². The lowest BCUT2D eigenvalue weighted by Crippen LogP contribution is -2.45. The number of thiophene rings is 1. The van der Waals surface area contributed by atoms with Crippen molar-refractivity contribution in [2.45, 2.75) is 32.4 Å². The zero-order chi connectivity index (χ0) is 22.3. The molecule has 0 bridgehead atoms. The monoisotopic (exact) mass is 449 g/mol. The number of hydrogen-bond acceptors (Lipinski definition) is 5. The second-order valence-electron chi connectivity index (χ2n) is 8.02. The van der Waals surface area contributed by atoms with Crippen molar-refractivity contribution in [3.63, 3.8) is 0 Å². The fourth-order valence-electron chi connectivity index (χ4n) is 3.85. The molecule has 1 aliphatic heterocycles. The lowest BCUT2D eigenvalue weighted by atomic mass is 9.96. The summed E-state index contributed by atoms with van der Waals surface area (Å²) in [4.78, 5) is 32.1. The van der Waals surface area contributed by atoms with Crippen molar-refractivity contribution in [1.29, 1.82) is 0 Å². The zero-order valence-corrected chi connectivity index (χ0v) is 18.9. The van der Waals surface area contributed by atoms with E-state index in [9.17, 15) is 9.59 Å². The third-order valence-corrected chi connectivity index (χ3v) is 6.54. The number of aromatic nitrogens is 1. The van der Waals surface area contributed by atoms with E-state index in [4.69, 9.17) is 4.74 Å². The molecule has 6 nitrogen and oxygen atoms in total. The average Bonchev–Trinajstić information content (AvgIpc) is 3.38. The second kappa shape index (κ2) is 10.4. The minimum absolute atomic E-state index is 0.00177. The van der Waals surface area contributed by atoms with Crippen LogP contribution in [-0.4, -0.2) is 34.8 Å². The van der Waals surface area contributed by atoms with Gasteiger partial charge in [-0.05, 0) is 55.0 Å². The maximum Gasteiger partial charge on any atom is 0.263 e. The number of benzene rings is 1. The highest BCUT2D eigenvalue weighted by atomic mass is 32.1. The van der Waals surface area contributed by atoms with E-state index in [1.165, 1.54) is 11.3 Å². The minimum atomic E-state index is -0.183. The molecule has 2 atom stereocenters. The Morgan fingerprint density at radius 1 is 1.22 bits per heavy atom. The van der Waals surface area contributed by atoms with E-state index in [2.05, 4.69) is 10.3 Å². The smallest absolute Gasteiger partial charge is 0.263 e. The molecule has 1 fully saturated rings. The summed E-state index contributed by atoms with van der Waals surface area (Å²) in [6.07, 6.45) is 5.16. The molecule has 0 aliphatic carbocycles. The number of piperidine rings is 1. The Bertz CT molecular complexity index is 1020. The standard InChI is InChI=1S/C25H27N3O3S/c1-18(20-8-10-22(11-9-20)31-17-19-5-2-12-26-15-19)27-24(29)21-6-3-13-28(16-21)25(30)23-7-4-14-32-23/h2,4-5,7-12,14-15,18,21H,3,6,13,16-17H2,1H3,(H,27,29). The Labute approximate surface area is 192 Å². The fraction of sp³-hybridized carbons (Fsp3) is 0.320.